The Morgan fingerprint density at radius 3 is 1.35 bits per heavy atom. The van der Waals surface area contributed by atoms with Crippen LogP contribution in [0.2, 0.25) is 0 Å². The number of carbonyl (C=O) groups excluding carboxylic acids is 1. The molecule has 0 aromatic heterocycles. The quantitative estimate of drug-likeness (QED) is 0.100. The lowest BCUT2D eigenvalue weighted by Gasteiger charge is -2.07. The van der Waals surface area contributed by atoms with Crippen molar-refractivity contribution >= 4 is 5.97 Å². The van der Waals surface area contributed by atoms with E-state index in [-0.39, 0.29) is 5.97 Å². The Balaban J connectivity index is 3.14. The SMILES string of the molecule is CCCCCCCCCCCCCCCC(=O)OCCOCCOCCCCCCC. The summed E-state index contributed by atoms with van der Waals surface area (Å²) in [5.41, 5.74) is 0. The van der Waals surface area contributed by atoms with Gasteiger partial charge in [0.1, 0.15) is 6.61 Å². The molecule has 0 rings (SSSR count). The maximum Gasteiger partial charge on any atom is 0.305 e. The maximum atomic E-state index is 11.7. The molecule has 0 saturated heterocycles. The first-order valence-electron chi connectivity index (χ1n) is 13.6. The van der Waals surface area contributed by atoms with Gasteiger partial charge in [0, 0.05) is 13.0 Å². The minimum atomic E-state index is -0.0880. The highest BCUT2D eigenvalue weighted by Crippen LogP contribution is 2.13. The van der Waals surface area contributed by atoms with E-state index in [2.05, 4.69) is 13.8 Å². The van der Waals surface area contributed by atoms with Gasteiger partial charge < -0.3 is 14.2 Å². The van der Waals surface area contributed by atoms with Gasteiger partial charge in [0.2, 0.25) is 0 Å². The molecule has 0 aliphatic heterocycles. The highest BCUT2D eigenvalue weighted by atomic mass is 16.6. The van der Waals surface area contributed by atoms with Crippen LogP contribution in [0.1, 0.15) is 136 Å². The second-order valence-electron chi connectivity index (χ2n) is 8.85. The van der Waals surface area contributed by atoms with Gasteiger partial charge in [-0.05, 0) is 12.8 Å². The van der Waals surface area contributed by atoms with Crippen LogP contribution in [0.5, 0.6) is 0 Å². The van der Waals surface area contributed by atoms with E-state index >= 15 is 0 Å². The van der Waals surface area contributed by atoms with Crippen molar-refractivity contribution in [3.8, 4) is 0 Å². The van der Waals surface area contributed by atoms with Crippen molar-refractivity contribution in [2.75, 3.05) is 33.0 Å². The van der Waals surface area contributed by atoms with Crippen LogP contribution in [-0.2, 0) is 19.0 Å². The molecule has 0 aliphatic rings. The molecule has 0 N–H and O–H groups in total. The van der Waals surface area contributed by atoms with Crippen molar-refractivity contribution in [3.05, 3.63) is 0 Å². The van der Waals surface area contributed by atoms with Gasteiger partial charge in [0.05, 0.1) is 19.8 Å². The Labute approximate surface area is 194 Å². The van der Waals surface area contributed by atoms with Crippen LogP contribution in [0.15, 0.2) is 0 Å². The van der Waals surface area contributed by atoms with Crippen molar-refractivity contribution in [2.45, 2.75) is 136 Å². The van der Waals surface area contributed by atoms with Crippen molar-refractivity contribution in [2.24, 2.45) is 0 Å². The molecular formula is C27H54O4. The van der Waals surface area contributed by atoms with E-state index < -0.39 is 0 Å². The first-order valence-corrected chi connectivity index (χ1v) is 13.6. The molecule has 0 amide bonds. The molecule has 0 aromatic rings. The zero-order chi connectivity index (χ0) is 22.7. The summed E-state index contributed by atoms with van der Waals surface area (Å²) < 4.78 is 16.2. The molecule has 0 heterocycles. The van der Waals surface area contributed by atoms with Crippen LogP contribution >= 0.6 is 0 Å². The van der Waals surface area contributed by atoms with E-state index in [1.165, 1.54) is 96.3 Å². The lowest BCUT2D eigenvalue weighted by atomic mass is 10.0. The number of hydrogen-bond acceptors (Lipinski definition) is 4. The molecule has 0 unspecified atom stereocenters. The van der Waals surface area contributed by atoms with E-state index in [0.717, 1.165) is 25.9 Å². The van der Waals surface area contributed by atoms with E-state index in [1.807, 2.05) is 0 Å². The lowest BCUT2D eigenvalue weighted by Crippen LogP contribution is -2.13. The number of ether oxygens (including phenoxy) is 3. The predicted octanol–water partition coefficient (Wildman–Crippen LogP) is 8.01. The predicted molar refractivity (Wildman–Crippen MR) is 132 cm³/mol. The number of carbonyl (C=O) groups is 1. The van der Waals surface area contributed by atoms with Crippen molar-refractivity contribution < 1.29 is 19.0 Å². The Morgan fingerprint density at radius 2 is 0.839 bits per heavy atom. The van der Waals surface area contributed by atoms with Crippen LogP contribution in [0, 0.1) is 0 Å². The van der Waals surface area contributed by atoms with Crippen molar-refractivity contribution in [1.29, 1.82) is 0 Å². The van der Waals surface area contributed by atoms with E-state index in [4.69, 9.17) is 14.2 Å². The average molecular weight is 443 g/mol. The third kappa shape index (κ3) is 27.4. The van der Waals surface area contributed by atoms with Crippen LogP contribution < -0.4 is 0 Å². The number of rotatable bonds is 26. The third-order valence-electron chi connectivity index (χ3n) is 5.74. The molecule has 4 nitrogen and oxygen atoms in total. The van der Waals surface area contributed by atoms with Gasteiger partial charge in [0.15, 0.2) is 0 Å². The molecule has 0 radical (unpaired) electrons. The normalized spacial score (nSPS) is 11.2. The minimum Gasteiger partial charge on any atom is -0.463 e. The van der Waals surface area contributed by atoms with Crippen LogP contribution in [0.4, 0.5) is 0 Å². The van der Waals surface area contributed by atoms with Gasteiger partial charge in [-0.2, -0.15) is 0 Å². The number of esters is 1. The second-order valence-corrected chi connectivity index (χ2v) is 8.85. The average Bonchev–Trinajstić information content (AvgIpc) is 2.77. The summed E-state index contributed by atoms with van der Waals surface area (Å²) in [6.07, 6.45) is 24.0. The van der Waals surface area contributed by atoms with E-state index in [9.17, 15) is 4.79 Å². The maximum absolute atomic E-state index is 11.7. The standard InChI is InChI=1S/C27H54O4/c1-3-5-7-9-10-11-12-13-14-15-16-17-19-21-27(28)31-26-25-30-24-23-29-22-20-18-8-6-4-2/h3-26H2,1-2H3. The van der Waals surface area contributed by atoms with Crippen LogP contribution in [0.25, 0.3) is 0 Å². The zero-order valence-electron chi connectivity index (χ0n) is 21.1. The van der Waals surface area contributed by atoms with E-state index in [0.29, 0.717) is 32.8 Å². The molecule has 4 heteroatoms. The second kappa shape index (κ2) is 27.4. The first-order chi connectivity index (χ1) is 15.3. The van der Waals surface area contributed by atoms with Crippen molar-refractivity contribution in [1.82, 2.24) is 0 Å². The van der Waals surface area contributed by atoms with Gasteiger partial charge in [-0.1, -0.05) is 117 Å². The Hall–Kier alpha value is -0.610. The molecule has 0 atom stereocenters. The summed E-state index contributed by atoms with van der Waals surface area (Å²) in [6.45, 7) is 7.34. The number of unbranched alkanes of at least 4 members (excludes halogenated alkanes) is 16. The lowest BCUT2D eigenvalue weighted by molar-refractivity contribution is -0.145. The van der Waals surface area contributed by atoms with Crippen LogP contribution in [0.3, 0.4) is 0 Å². The van der Waals surface area contributed by atoms with Gasteiger partial charge in [-0.15, -0.1) is 0 Å². The molecule has 0 aliphatic carbocycles. The van der Waals surface area contributed by atoms with Crippen LogP contribution in [-0.4, -0.2) is 39.0 Å². The largest absolute Gasteiger partial charge is 0.463 e. The fraction of sp³-hybridized carbons (Fsp3) is 0.963. The van der Waals surface area contributed by atoms with Gasteiger partial charge in [-0.3, -0.25) is 4.79 Å². The van der Waals surface area contributed by atoms with Gasteiger partial charge >= 0.3 is 5.97 Å². The Bertz CT molecular complexity index is 346. The zero-order valence-corrected chi connectivity index (χ0v) is 21.1. The van der Waals surface area contributed by atoms with Gasteiger partial charge in [0.25, 0.3) is 0 Å². The van der Waals surface area contributed by atoms with Crippen molar-refractivity contribution in [3.63, 3.8) is 0 Å². The van der Waals surface area contributed by atoms with Gasteiger partial charge in [-0.25, -0.2) is 0 Å². The smallest absolute Gasteiger partial charge is 0.305 e. The molecule has 0 bridgehead atoms. The minimum absolute atomic E-state index is 0.0880. The molecule has 31 heavy (non-hydrogen) atoms. The topological polar surface area (TPSA) is 44.8 Å². The van der Waals surface area contributed by atoms with E-state index in [1.54, 1.807) is 0 Å². The summed E-state index contributed by atoms with van der Waals surface area (Å²) in [5, 5.41) is 0. The Morgan fingerprint density at radius 1 is 0.452 bits per heavy atom. The summed E-state index contributed by atoms with van der Waals surface area (Å²) in [7, 11) is 0. The highest BCUT2D eigenvalue weighted by Gasteiger charge is 2.02. The Kier molecular flexibility index (Phi) is 26.9. The molecule has 186 valence electrons. The molecule has 0 spiro atoms. The summed E-state index contributed by atoms with van der Waals surface area (Å²) in [5.74, 6) is -0.0880. The molecule has 0 saturated carbocycles. The summed E-state index contributed by atoms with van der Waals surface area (Å²) >= 11 is 0. The first kappa shape index (κ1) is 30.4. The highest BCUT2D eigenvalue weighted by molar-refractivity contribution is 5.69. The molecule has 0 fully saturated rings. The third-order valence-corrected chi connectivity index (χ3v) is 5.74. The monoisotopic (exact) mass is 442 g/mol. The fourth-order valence-electron chi connectivity index (χ4n) is 3.70. The fourth-order valence-corrected chi connectivity index (χ4v) is 3.70. The molecular weight excluding hydrogens is 388 g/mol. The summed E-state index contributed by atoms with van der Waals surface area (Å²) in [6, 6.07) is 0. The summed E-state index contributed by atoms with van der Waals surface area (Å²) in [4.78, 5) is 11.7. The molecule has 0 aromatic carbocycles. The number of hydrogen-bond donors (Lipinski definition) is 0.